The van der Waals surface area contributed by atoms with Crippen molar-refractivity contribution in [1.82, 2.24) is 15.2 Å². The van der Waals surface area contributed by atoms with E-state index < -0.39 is 10.8 Å². The molecule has 0 saturated heterocycles. The first-order valence-corrected chi connectivity index (χ1v) is 9.05. The van der Waals surface area contributed by atoms with Crippen LogP contribution in [-0.4, -0.2) is 31.6 Å². The number of pyridine rings is 1. The molecule has 3 aromatic rings. The molecule has 6 nitrogen and oxygen atoms in total. The summed E-state index contributed by atoms with van der Waals surface area (Å²) in [5, 5.41) is 9.48. The van der Waals surface area contributed by atoms with Gasteiger partial charge in [-0.05, 0) is 42.0 Å². The van der Waals surface area contributed by atoms with Gasteiger partial charge in [-0.15, -0.1) is 0 Å². The van der Waals surface area contributed by atoms with Gasteiger partial charge in [-0.3, -0.25) is 19.1 Å². The number of nitrogens with one attached hydrogen (secondary N) is 2. The highest BCUT2D eigenvalue weighted by molar-refractivity contribution is 7.84. The molecule has 7 heteroatoms. The van der Waals surface area contributed by atoms with Crippen molar-refractivity contribution in [2.24, 2.45) is 0 Å². The van der Waals surface area contributed by atoms with Crippen LogP contribution in [0, 0.1) is 0 Å². The van der Waals surface area contributed by atoms with Gasteiger partial charge in [0.1, 0.15) is 0 Å². The SMILES string of the molecule is CS(=O)c1ccc(NC(=O)/C=C/c2cnccc2-c2cn[nH]c2)cc1. The van der Waals surface area contributed by atoms with Crippen LogP contribution in [0.5, 0.6) is 0 Å². The van der Waals surface area contributed by atoms with Gasteiger partial charge in [-0.25, -0.2) is 0 Å². The number of amides is 1. The fourth-order valence-electron chi connectivity index (χ4n) is 2.28. The number of rotatable bonds is 5. The Morgan fingerprint density at radius 1 is 1.20 bits per heavy atom. The number of carbonyl (C=O) groups excluding carboxylic acids is 1. The summed E-state index contributed by atoms with van der Waals surface area (Å²) in [6.45, 7) is 0. The Morgan fingerprint density at radius 2 is 2.00 bits per heavy atom. The van der Waals surface area contributed by atoms with E-state index in [0.29, 0.717) is 10.6 Å². The molecule has 2 heterocycles. The van der Waals surface area contributed by atoms with Crippen molar-refractivity contribution in [3.63, 3.8) is 0 Å². The highest BCUT2D eigenvalue weighted by Gasteiger charge is 2.05. The largest absolute Gasteiger partial charge is 0.323 e. The van der Waals surface area contributed by atoms with Crippen LogP contribution in [0.25, 0.3) is 17.2 Å². The van der Waals surface area contributed by atoms with Gasteiger partial charge in [0.05, 0.1) is 6.20 Å². The van der Waals surface area contributed by atoms with Crippen molar-refractivity contribution in [3.05, 3.63) is 66.8 Å². The highest BCUT2D eigenvalue weighted by atomic mass is 32.2. The molecule has 2 aromatic heterocycles. The van der Waals surface area contributed by atoms with E-state index in [1.807, 2.05) is 6.07 Å². The van der Waals surface area contributed by atoms with Crippen LogP contribution in [0.3, 0.4) is 0 Å². The van der Waals surface area contributed by atoms with Crippen molar-refractivity contribution in [1.29, 1.82) is 0 Å². The van der Waals surface area contributed by atoms with E-state index in [1.54, 1.807) is 61.4 Å². The lowest BCUT2D eigenvalue weighted by Crippen LogP contribution is -2.07. The summed E-state index contributed by atoms with van der Waals surface area (Å²) in [5.74, 6) is -0.257. The van der Waals surface area contributed by atoms with Crippen LogP contribution in [0.4, 0.5) is 5.69 Å². The zero-order valence-corrected chi connectivity index (χ0v) is 14.3. The molecule has 3 rings (SSSR count). The second-order valence-electron chi connectivity index (χ2n) is 5.25. The van der Waals surface area contributed by atoms with E-state index in [2.05, 4.69) is 20.5 Å². The van der Waals surface area contributed by atoms with Gasteiger partial charge < -0.3 is 5.32 Å². The van der Waals surface area contributed by atoms with E-state index in [0.717, 1.165) is 16.7 Å². The summed E-state index contributed by atoms with van der Waals surface area (Å²) in [5.41, 5.74) is 3.31. The average Bonchev–Trinajstić information content (AvgIpc) is 3.15. The molecule has 2 N–H and O–H groups in total. The lowest BCUT2D eigenvalue weighted by Gasteiger charge is -2.04. The molecular formula is C18H16N4O2S. The topological polar surface area (TPSA) is 87.7 Å². The fraction of sp³-hybridized carbons (Fsp3) is 0.0556. The highest BCUT2D eigenvalue weighted by Crippen LogP contribution is 2.22. The van der Waals surface area contributed by atoms with Crippen LogP contribution >= 0.6 is 0 Å². The summed E-state index contributed by atoms with van der Waals surface area (Å²) in [4.78, 5) is 16.9. The molecule has 0 fully saturated rings. The maximum Gasteiger partial charge on any atom is 0.248 e. The molecule has 1 amide bonds. The number of anilines is 1. The number of H-pyrrole nitrogens is 1. The number of aromatic nitrogens is 3. The van der Waals surface area contributed by atoms with Crippen LogP contribution in [-0.2, 0) is 15.6 Å². The molecule has 0 aliphatic carbocycles. The second-order valence-corrected chi connectivity index (χ2v) is 6.63. The Kier molecular flexibility index (Phi) is 5.15. The van der Waals surface area contributed by atoms with Gasteiger partial charge in [0.2, 0.25) is 5.91 Å². The van der Waals surface area contributed by atoms with Gasteiger partial charge in [-0.1, -0.05) is 0 Å². The van der Waals surface area contributed by atoms with Gasteiger partial charge in [-0.2, -0.15) is 5.10 Å². The van der Waals surface area contributed by atoms with Gasteiger partial charge in [0.25, 0.3) is 0 Å². The number of nitrogens with zero attached hydrogens (tertiary/aromatic N) is 2. The van der Waals surface area contributed by atoms with Gasteiger partial charge in [0, 0.05) is 63.4 Å². The summed E-state index contributed by atoms with van der Waals surface area (Å²) in [7, 11) is -1.04. The molecule has 126 valence electrons. The Morgan fingerprint density at radius 3 is 2.68 bits per heavy atom. The van der Waals surface area contributed by atoms with Crippen molar-refractivity contribution < 1.29 is 9.00 Å². The van der Waals surface area contributed by atoms with E-state index in [-0.39, 0.29) is 5.91 Å². The summed E-state index contributed by atoms with van der Waals surface area (Å²) in [6.07, 6.45) is 11.7. The van der Waals surface area contributed by atoms with E-state index in [1.165, 1.54) is 6.08 Å². The average molecular weight is 352 g/mol. The predicted octanol–water partition coefficient (Wildman–Crippen LogP) is 2.86. The monoisotopic (exact) mass is 352 g/mol. The molecule has 0 radical (unpaired) electrons. The van der Waals surface area contributed by atoms with Crippen LogP contribution in [0.15, 0.2) is 66.1 Å². The quantitative estimate of drug-likeness (QED) is 0.691. The molecule has 1 unspecified atom stereocenters. The number of aromatic amines is 1. The number of hydrogen-bond donors (Lipinski definition) is 2. The van der Waals surface area contributed by atoms with E-state index in [9.17, 15) is 9.00 Å². The van der Waals surface area contributed by atoms with Gasteiger partial charge >= 0.3 is 0 Å². The molecule has 0 saturated carbocycles. The minimum atomic E-state index is -1.04. The fourth-order valence-corrected chi connectivity index (χ4v) is 2.80. The Bertz CT molecular complexity index is 919. The van der Waals surface area contributed by atoms with E-state index >= 15 is 0 Å². The molecule has 0 bridgehead atoms. The lowest BCUT2D eigenvalue weighted by atomic mass is 10.1. The Hall–Kier alpha value is -3.06. The summed E-state index contributed by atoms with van der Waals surface area (Å²) < 4.78 is 11.4. The maximum absolute atomic E-state index is 12.1. The number of benzene rings is 1. The van der Waals surface area contributed by atoms with Crippen LogP contribution in [0.1, 0.15) is 5.56 Å². The third-order valence-electron chi connectivity index (χ3n) is 3.53. The first-order valence-electron chi connectivity index (χ1n) is 7.49. The van der Waals surface area contributed by atoms with Gasteiger partial charge in [0.15, 0.2) is 0 Å². The summed E-state index contributed by atoms with van der Waals surface area (Å²) in [6, 6.07) is 8.78. The molecule has 0 spiro atoms. The predicted molar refractivity (Wildman–Crippen MR) is 98.3 cm³/mol. The molecular weight excluding hydrogens is 336 g/mol. The number of hydrogen-bond acceptors (Lipinski definition) is 4. The van der Waals surface area contributed by atoms with Crippen molar-refractivity contribution >= 4 is 28.5 Å². The first kappa shape index (κ1) is 16.8. The number of carbonyl (C=O) groups is 1. The Balaban J connectivity index is 1.72. The molecule has 25 heavy (non-hydrogen) atoms. The molecule has 1 aromatic carbocycles. The zero-order valence-electron chi connectivity index (χ0n) is 13.5. The van der Waals surface area contributed by atoms with Crippen LogP contribution < -0.4 is 5.32 Å². The first-order chi connectivity index (χ1) is 12.1. The molecule has 0 aliphatic rings. The second kappa shape index (κ2) is 7.67. The minimum Gasteiger partial charge on any atom is -0.323 e. The van der Waals surface area contributed by atoms with Crippen molar-refractivity contribution in [3.8, 4) is 11.1 Å². The Labute approximate surface area is 147 Å². The zero-order chi connectivity index (χ0) is 17.6. The summed E-state index contributed by atoms with van der Waals surface area (Å²) >= 11 is 0. The normalized spacial score (nSPS) is 12.2. The lowest BCUT2D eigenvalue weighted by molar-refractivity contribution is -0.111. The standard InChI is InChI=1S/C18H16N4O2S/c1-25(24)16-5-3-15(4-6-16)22-18(23)7-2-13-10-19-9-8-17(13)14-11-20-21-12-14/h2-12H,1H3,(H,20,21)(H,22,23)/b7-2+. The maximum atomic E-state index is 12.1. The van der Waals surface area contributed by atoms with Crippen molar-refractivity contribution in [2.45, 2.75) is 4.90 Å². The third-order valence-corrected chi connectivity index (χ3v) is 4.47. The van der Waals surface area contributed by atoms with E-state index in [4.69, 9.17) is 0 Å². The smallest absolute Gasteiger partial charge is 0.248 e. The molecule has 0 aliphatic heterocycles. The third kappa shape index (κ3) is 4.27. The minimum absolute atomic E-state index is 0.257. The van der Waals surface area contributed by atoms with Crippen molar-refractivity contribution in [2.75, 3.05) is 11.6 Å². The molecule has 1 atom stereocenters. The van der Waals surface area contributed by atoms with Crippen LogP contribution in [0.2, 0.25) is 0 Å².